The number of allylic oxidation sites excluding steroid dienone is 4. The van der Waals surface area contributed by atoms with Gasteiger partial charge in [-0.2, -0.15) is 52.7 Å². The summed E-state index contributed by atoms with van der Waals surface area (Å²) in [6.45, 7) is 6.95. The van der Waals surface area contributed by atoms with Crippen LogP contribution in [0.25, 0.3) is 0 Å². The number of carbonyl (C=O) groups is 2. The Morgan fingerprint density at radius 2 is 0.727 bits per heavy atom. The van der Waals surface area contributed by atoms with Crippen molar-refractivity contribution in [1.29, 1.82) is 0 Å². The van der Waals surface area contributed by atoms with Gasteiger partial charge >= 0.3 is 90.6 Å². The monoisotopic (exact) mass is 1140 g/mol. The van der Waals surface area contributed by atoms with E-state index in [0.29, 0.717) is 36.3 Å². The van der Waals surface area contributed by atoms with Gasteiger partial charge in [0.1, 0.15) is 0 Å². The SMILES string of the molecule is CC(CN=Cc1ccccc1[O-])(CN=Cc1ccccc1[O-])CN=Cc1ccccc1[O-].CCO.CCO.O=C(/C=C(\[O-])C(F)(F)F)C(F)(F)F.O=C(/C=C(\[O-])C(F)(F)F)C(F)(F)F.[Eu+3].[Ni+2]. The fraction of sp³-hybridized carbons (Fsp3) is 0.325. The normalized spacial score (nSPS) is 12.9. The number of aliphatic hydroxyl groups is 2. The maximum absolute atomic E-state index is 11.9. The molecule has 66 heavy (non-hydrogen) atoms. The molecule has 2 N–H and O–H groups in total. The standard InChI is InChI=1S/C26H27N3O3.2C5H2F6O2.2C2H6O.Eu.Ni/c1-26(17-27-14-20-8-2-5-11-23(20)30,18-28-15-21-9-3-6-12-24(21)31)19-29-16-22-10-4-7-13-25(22)32;2*6-4(7,8)2(12)1-3(13)5(9,10)11;2*1-2-3;;/h2-16,30-32H,17-19H2,1H3;2*1,12H;2*3H,2H2,1H3;;/q;;;;;+3;+2/p-5/b;2*2-1-;;;;. The van der Waals surface area contributed by atoms with Crippen molar-refractivity contribution in [3.05, 3.63) is 113 Å². The van der Waals surface area contributed by atoms with E-state index in [0.717, 1.165) is 0 Å². The first-order valence-corrected chi connectivity index (χ1v) is 17.5. The van der Waals surface area contributed by atoms with E-state index >= 15 is 0 Å². The average molecular weight is 1140 g/mol. The van der Waals surface area contributed by atoms with Crippen LogP contribution in [0.2, 0.25) is 0 Å². The number of carbonyl (C=O) groups excluding carboxylic acids is 2. The molecule has 0 fully saturated rings. The zero-order valence-electron chi connectivity index (χ0n) is 34.2. The topological polar surface area (TPSA) is 227 Å². The van der Waals surface area contributed by atoms with Crippen LogP contribution in [0.1, 0.15) is 37.5 Å². The molecule has 0 aliphatic carbocycles. The largest absolute Gasteiger partial charge is 3.00 e. The third-order valence-corrected chi connectivity index (χ3v) is 6.51. The molecular weight excluding hydrogens is 1110 g/mol. The molecular formula is C40H38EuF12N3NiO9. The Balaban J connectivity index is -0.000000470. The van der Waals surface area contributed by atoms with E-state index in [2.05, 4.69) is 15.0 Å². The van der Waals surface area contributed by atoms with E-state index in [-0.39, 0.29) is 96.3 Å². The summed E-state index contributed by atoms with van der Waals surface area (Å²) in [7, 11) is 0. The summed E-state index contributed by atoms with van der Waals surface area (Å²) >= 11 is 0. The van der Waals surface area contributed by atoms with E-state index in [1.165, 1.54) is 18.2 Å². The third kappa shape index (κ3) is 30.8. The zero-order valence-corrected chi connectivity index (χ0v) is 37.6. The predicted octanol–water partition coefficient (Wildman–Crippen LogP) is 4.41. The van der Waals surface area contributed by atoms with E-state index in [1.54, 1.807) is 87.1 Å². The minimum absolute atomic E-state index is 0. The summed E-state index contributed by atoms with van der Waals surface area (Å²) in [5, 5.41) is 70.5. The van der Waals surface area contributed by atoms with Crippen molar-refractivity contribution in [1.82, 2.24) is 0 Å². The first-order chi connectivity index (χ1) is 29.4. The van der Waals surface area contributed by atoms with Gasteiger partial charge in [0.25, 0.3) is 11.6 Å². The summed E-state index contributed by atoms with van der Waals surface area (Å²) in [5.41, 5.74) is 1.07. The second-order valence-electron chi connectivity index (χ2n) is 12.2. The first kappa shape index (κ1) is 68.2. The second-order valence-corrected chi connectivity index (χ2v) is 12.2. The molecule has 0 aliphatic rings. The minimum atomic E-state index is -5.46. The fourth-order valence-corrected chi connectivity index (χ4v) is 3.57. The van der Waals surface area contributed by atoms with Crippen molar-refractivity contribution < 1.29 is 164 Å². The van der Waals surface area contributed by atoms with Crippen molar-refractivity contribution in [2.45, 2.75) is 45.5 Å². The van der Waals surface area contributed by atoms with Gasteiger partial charge in [0.15, 0.2) is 0 Å². The molecule has 26 heteroatoms. The number of hydrogen-bond donors (Lipinski definition) is 2. The predicted molar refractivity (Wildman–Crippen MR) is 199 cm³/mol. The quantitative estimate of drug-likeness (QED) is 0.0910. The number of ketones is 2. The smallest absolute Gasteiger partial charge is 0.872 e. The minimum Gasteiger partial charge on any atom is -0.872 e. The Bertz CT molecular complexity index is 1850. The molecule has 3 aromatic carbocycles. The molecule has 0 atom stereocenters. The van der Waals surface area contributed by atoms with Crippen LogP contribution in [0.4, 0.5) is 52.7 Å². The van der Waals surface area contributed by atoms with Gasteiger partial charge in [0.2, 0.25) is 0 Å². The van der Waals surface area contributed by atoms with Gasteiger partial charge in [0.05, 0.1) is 0 Å². The molecule has 0 unspecified atom stereocenters. The van der Waals surface area contributed by atoms with Crippen LogP contribution < -0.4 is 25.5 Å². The Morgan fingerprint density at radius 3 is 0.909 bits per heavy atom. The van der Waals surface area contributed by atoms with Crippen LogP contribution in [0.15, 0.2) is 111 Å². The van der Waals surface area contributed by atoms with Gasteiger partial charge in [-0.3, -0.25) is 24.6 Å². The van der Waals surface area contributed by atoms with Crippen LogP contribution in [0.3, 0.4) is 0 Å². The number of alkyl halides is 12. The summed E-state index contributed by atoms with van der Waals surface area (Å²) in [6, 6.07) is 20.1. The molecule has 3 rings (SSSR count). The van der Waals surface area contributed by atoms with Crippen LogP contribution in [0, 0.1) is 54.8 Å². The maximum atomic E-state index is 11.9. The van der Waals surface area contributed by atoms with Crippen LogP contribution >= 0.6 is 0 Å². The molecule has 12 nitrogen and oxygen atoms in total. The van der Waals surface area contributed by atoms with Gasteiger partial charge < -0.3 is 35.7 Å². The van der Waals surface area contributed by atoms with Crippen molar-refractivity contribution in [3.8, 4) is 17.2 Å². The molecule has 0 bridgehead atoms. The van der Waals surface area contributed by atoms with Gasteiger partial charge in [-0.15, -0.1) is 17.2 Å². The number of benzene rings is 3. The Morgan fingerprint density at radius 1 is 0.515 bits per heavy atom. The first-order valence-electron chi connectivity index (χ1n) is 17.5. The molecule has 0 amide bonds. The molecule has 0 aliphatic heterocycles. The number of hydrogen-bond acceptors (Lipinski definition) is 12. The van der Waals surface area contributed by atoms with Crippen molar-refractivity contribution in [2.24, 2.45) is 20.4 Å². The van der Waals surface area contributed by atoms with E-state index in [9.17, 15) is 87.8 Å². The van der Waals surface area contributed by atoms with Crippen LogP contribution in [-0.2, 0) is 26.1 Å². The van der Waals surface area contributed by atoms with E-state index in [1.807, 2.05) is 6.92 Å². The summed E-state index contributed by atoms with van der Waals surface area (Å²) < 4.78 is 136. The zero-order chi connectivity index (χ0) is 50.0. The summed E-state index contributed by atoms with van der Waals surface area (Å²) in [4.78, 5) is 33.0. The Hall–Kier alpha value is -4.35. The van der Waals surface area contributed by atoms with Crippen molar-refractivity contribution in [3.63, 3.8) is 0 Å². The second kappa shape index (κ2) is 33.2. The van der Waals surface area contributed by atoms with E-state index in [4.69, 9.17) is 10.2 Å². The number of aliphatic imine (C=N–C) groups is 3. The number of para-hydroxylation sites is 3. The molecule has 0 aromatic heterocycles. The van der Waals surface area contributed by atoms with Gasteiger partial charge in [-0.1, -0.05) is 79.7 Å². The van der Waals surface area contributed by atoms with Crippen molar-refractivity contribution in [2.75, 3.05) is 32.8 Å². The number of aliphatic hydroxyl groups excluding tert-OH is 2. The average Bonchev–Trinajstić information content (AvgIpc) is 3.17. The summed E-state index contributed by atoms with van der Waals surface area (Å²) in [6.07, 6.45) is -19.2. The number of nitrogens with zero attached hydrogens (tertiary/aromatic N) is 3. The van der Waals surface area contributed by atoms with Gasteiger partial charge in [0, 0.05) is 56.9 Å². The Kier molecular flexibility index (Phi) is 34.3. The number of halogens is 12. The molecule has 0 spiro atoms. The molecule has 0 saturated heterocycles. The van der Waals surface area contributed by atoms with Crippen LogP contribution in [-0.4, -0.2) is 98.0 Å². The van der Waals surface area contributed by atoms with E-state index < -0.39 is 65.4 Å². The molecule has 3 aromatic rings. The fourth-order valence-electron chi connectivity index (χ4n) is 3.57. The number of rotatable bonds is 11. The van der Waals surface area contributed by atoms with Gasteiger partial charge in [-0.25, -0.2) is 0 Å². The molecule has 368 valence electrons. The molecule has 0 saturated carbocycles. The van der Waals surface area contributed by atoms with Crippen LogP contribution in [0.5, 0.6) is 17.2 Å². The molecule has 0 radical (unpaired) electrons. The third-order valence-electron chi connectivity index (χ3n) is 6.51. The molecule has 0 heterocycles. The van der Waals surface area contributed by atoms with Gasteiger partial charge in [-0.05, 0) is 54.2 Å². The Labute approximate surface area is 420 Å². The van der Waals surface area contributed by atoms with Crippen molar-refractivity contribution >= 4 is 30.2 Å². The maximum Gasteiger partial charge on any atom is 3.00 e. The summed E-state index contributed by atoms with van der Waals surface area (Å²) in [5.74, 6) is -11.6.